The van der Waals surface area contributed by atoms with E-state index in [0.29, 0.717) is 0 Å². The lowest BCUT2D eigenvalue weighted by Crippen LogP contribution is -2.42. The van der Waals surface area contributed by atoms with Crippen molar-refractivity contribution in [3.63, 3.8) is 0 Å². The predicted molar refractivity (Wildman–Crippen MR) is 56.6 cm³/mol. The van der Waals surface area contributed by atoms with E-state index in [1.807, 2.05) is 0 Å². The molecular weight excluding hydrogens is 291 g/mol. The van der Waals surface area contributed by atoms with Gasteiger partial charge in [0.25, 0.3) is 5.91 Å². The molecule has 1 aromatic rings. The van der Waals surface area contributed by atoms with Crippen LogP contribution in [0.4, 0.5) is 13.2 Å². The Morgan fingerprint density at radius 3 is 2.47 bits per heavy atom. The molecule has 19 heavy (non-hydrogen) atoms. The van der Waals surface area contributed by atoms with Gasteiger partial charge in [-0.1, -0.05) is 11.6 Å². The summed E-state index contributed by atoms with van der Waals surface area (Å²) in [6.45, 7) is -2.81. The van der Waals surface area contributed by atoms with E-state index >= 15 is 0 Å². The van der Waals surface area contributed by atoms with E-state index in [-0.39, 0.29) is 10.1 Å². The van der Waals surface area contributed by atoms with Gasteiger partial charge in [0.05, 0.1) is 12.4 Å². The van der Waals surface area contributed by atoms with Gasteiger partial charge in [0, 0.05) is 0 Å². The molecule has 10 heteroatoms. The summed E-state index contributed by atoms with van der Waals surface area (Å²) in [7, 11) is 0. The maximum absolute atomic E-state index is 12.3. The van der Waals surface area contributed by atoms with Crippen LogP contribution in [-0.2, 0) is 4.79 Å². The summed E-state index contributed by atoms with van der Waals surface area (Å²) in [5.41, 5.74) is -0.460. The van der Waals surface area contributed by atoms with Crippen LogP contribution in [0.5, 0.6) is 0 Å². The first-order valence-electron chi connectivity index (χ1n) is 4.74. The molecule has 0 saturated carbocycles. The highest BCUT2D eigenvalue weighted by molar-refractivity contribution is 6.29. The number of rotatable bonds is 4. The molecule has 1 amide bonds. The third kappa shape index (κ3) is 5.08. The Balaban J connectivity index is 2.97. The zero-order valence-corrected chi connectivity index (χ0v) is 9.94. The molecule has 0 aliphatic rings. The average molecular weight is 298 g/mol. The quantitative estimate of drug-likeness (QED) is 0.903. The van der Waals surface area contributed by atoms with Crippen LogP contribution in [-0.4, -0.2) is 51.1 Å². The Hall–Kier alpha value is -1.90. The highest BCUT2D eigenvalue weighted by Gasteiger charge is 2.34. The third-order valence-electron chi connectivity index (χ3n) is 1.81. The van der Waals surface area contributed by atoms with E-state index in [2.05, 4.69) is 9.97 Å². The molecule has 6 nitrogen and oxygen atoms in total. The van der Waals surface area contributed by atoms with E-state index in [9.17, 15) is 22.8 Å². The number of hydrogen-bond donors (Lipinski definition) is 1. The Labute approximate surface area is 109 Å². The molecule has 0 spiro atoms. The monoisotopic (exact) mass is 297 g/mol. The second-order valence-corrected chi connectivity index (χ2v) is 3.78. The molecule has 0 aromatic carbocycles. The van der Waals surface area contributed by atoms with Gasteiger partial charge in [0.15, 0.2) is 0 Å². The van der Waals surface area contributed by atoms with Crippen molar-refractivity contribution in [1.82, 2.24) is 14.9 Å². The predicted octanol–water partition coefficient (Wildman–Crippen LogP) is 1.22. The summed E-state index contributed by atoms with van der Waals surface area (Å²) in [6, 6.07) is 0. The molecule has 0 saturated heterocycles. The normalized spacial score (nSPS) is 11.2. The maximum atomic E-state index is 12.3. The van der Waals surface area contributed by atoms with Crippen molar-refractivity contribution in [3.8, 4) is 0 Å². The minimum Gasteiger partial charge on any atom is -0.480 e. The summed E-state index contributed by atoms with van der Waals surface area (Å²) in [4.78, 5) is 29.3. The third-order valence-corrected chi connectivity index (χ3v) is 1.99. The minimum atomic E-state index is -4.73. The van der Waals surface area contributed by atoms with Crippen molar-refractivity contribution in [3.05, 3.63) is 23.2 Å². The van der Waals surface area contributed by atoms with Crippen molar-refractivity contribution < 1.29 is 27.9 Å². The van der Waals surface area contributed by atoms with E-state index in [1.165, 1.54) is 0 Å². The highest BCUT2D eigenvalue weighted by atomic mass is 35.5. The van der Waals surface area contributed by atoms with Crippen LogP contribution in [0.15, 0.2) is 12.4 Å². The maximum Gasteiger partial charge on any atom is 0.406 e. The van der Waals surface area contributed by atoms with Crippen LogP contribution in [0.25, 0.3) is 0 Å². The molecule has 0 atom stereocenters. The summed E-state index contributed by atoms with van der Waals surface area (Å²) < 4.78 is 36.8. The zero-order valence-electron chi connectivity index (χ0n) is 9.19. The molecule has 1 rings (SSSR count). The number of nitrogens with zero attached hydrogens (tertiary/aromatic N) is 3. The largest absolute Gasteiger partial charge is 0.480 e. The highest BCUT2D eigenvalue weighted by Crippen LogP contribution is 2.17. The molecule has 0 aliphatic carbocycles. The lowest BCUT2D eigenvalue weighted by Gasteiger charge is -2.21. The average Bonchev–Trinajstić information content (AvgIpc) is 2.24. The van der Waals surface area contributed by atoms with Crippen LogP contribution in [0.1, 0.15) is 10.5 Å². The Bertz CT molecular complexity index is 495. The van der Waals surface area contributed by atoms with Crippen LogP contribution >= 0.6 is 11.6 Å². The number of amides is 1. The van der Waals surface area contributed by atoms with Crippen molar-refractivity contribution in [2.75, 3.05) is 13.1 Å². The fourth-order valence-electron chi connectivity index (χ4n) is 1.19. The van der Waals surface area contributed by atoms with Gasteiger partial charge in [-0.25, -0.2) is 4.98 Å². The number of alkyl halides is 3. The fourth-order valence-corrected chi connectivity index (χ4v) is 1.33. The Kier molecular flexibility index (Phi) is 4.65. The minimum absolute atomic E-state index is 0.0999. The molecule has 0 aliphatic heterocycles. The van der Waals surface area contributed by atoms with Gasteiger partial charge in [0.1, 0.15) is 23.9 Å². The number of aliphatic carboxylic acids is 1. The van der Waals surface area contributed by atoms with Crippen LogP contribution in [0.2, 0.25) is 5.15 Å². The van der Waals surface area contributed by atoms with E-state index in [4.69, 9.17) is 16.7 Å². The molecule has 1 N–H and O–H groups in total. The number of carboxylic acid groups (broad SMARTS) is 1. The van der Waals surface area contributed by atoms with E-state index in [1.54, 1.807) is 0 Å². The number of carboxylic acids is 1. The molecular formula is C9H7ClF3N3O3. The topological polar surface area (TPSA) is 83.4 Å². The lowest BCUT2D eigenvalue weighted by atomic mass is 10.3. The van der Waals surface area contributed by atoms with Crippen molar-refractivity contribution in [1.29, 1.82) is 0 Å². The fraction of sp³-hybridized carbons (Fsp3) is 0.333. The second kappa shape index (κ2) is 5.83. The van der Waals surface area contributed by atoms with E-state index < -0.39 is 36.8 Å². The standard InChI is InChI=1S/C9H7ClF3N3O3/c10-6-2-14-1-5(15-6)8(19)16(3-7(17)18)4-9(11,12)13/h1-2H,3-4H2,(H,17,18). The van der Waals surface area contributed by atoms with Crippen molar-refractivity contribution in [2.45, 2.75) is 6.18 Å². The molecule has 104 valence electrons. The van der Waals surface area contributed by atoms with Crippen molar-refractivity contribution in [2.24, 2.45) is 0 Å². The number of halogens is 4. The Morgan fingerprint density at radius 2 is 2.00 bits per heavy atom. The first kappa shape index (κ1) is 15.2. The molecule has 0 bridgehead atoms. The van der Waals surface area contributed by atoms with Gasteiger partial charge < -0.3 is 10.0 Å². The summed E-state index contributed by atoms with van der Waals surface area (Å²) in [5, 5.41) is 8.32. The van der Waals surface area contributed by atoms with Gasteiger partial charge in [-0.15, -0.1) is 0 Å². The lowest BCUT2D eigenvalue weighted by molar-refractivity contribution is -0.149. The van der Waals surface area contributed by atoms with Gasteiger partial charge in [-0.2, -0.15) is 13.2 Å². The smallest absolute Gasteiger partial charge is 0.406 e. The summed E-state index contributed by atoms with van der Waals surface area (Å²) in [6.07, 6.45) is -2.74. The SMILES string of the molecule is O=C(O)CN(CC(F)(F)F)C(=O)c1cncc(Cl)n1. The van der Waals surface area contributed by atoms with Crippen molar-refractivity contribution >= 4 is 23.5 Å². The molecule has 0 unspecified atom stereocenters. The molecule has 1 aromatic heterocycles. The first-order valence-corrected chi connectivity index (χ1v) is 5.12. The number of aromatic nitrogens is 2. The summed E-state index contributed by atoms with van der Waals surface area (Å²) >= 11 is 5.45. The molecule has 0 fully saturated rings. The zero-order chi connectivity index (χ0) is 14.6. The first-order chi connectivity index (χ1) is 8.69. The summed E-state index contributed by atoms with van der Waals surface area (Å²) in [5.74, 6) is -2.79. The van der Waals surface area contributed by atoms with Gasteiger partial charge in [-0.3, -0.25) is 14.6 Å². The van der Waals surface area contributed by atoms with Gasteiger partial charge in [-0.05, 0) is 0 Å². The van der Waals surface area contributed by atoms with Gasteiger partial charge >= 0.3 is 12.1 Å². The second-order valence-electron chi connectivity index (χ2n) is 3.40. The van der Waals surface area contributed by atoms with Crippen LogP contribution in [0.3, 0.4) is 0 Å². The number of hydrogen-bond acceptors (Lipinski definition) is 4. The number of carbonyl (C=O) groups is 2. The van der Waals surface area contributed by atoms with E-state index in [0.717, 1.165) is 12.4 Å². The molecule has 0 radical (unpaired) electrons. The van der Waals surface area contributed by atoms with Crippen LogP contribution in [0, 0.1) is 0 Å². The number of carbonyl (C=O) groups excluding carboxylic acids is 1. The van der Waals surface area contributed by atoms with Gasteiger partial charge in [0.2, 0.25) is 0 Å². The Morgan fingerprint density at radius 1 is 1.37 bits per heavy atom. The molecule has 1 heterocycles. The van der Waals surface area contributed by atoms with Crippen LogP contribution < -0.4 is 0 Å².